The molecule has 0 heterocycles. The van der Waals surface area contributed by atoms with Gasteiger partial charge in [0.15, 0.2) is 0 Å². The van der Waals surface area contributed by atoms with Crippen molar-refractivity contribution in [1.82, 2.24) is 16.0 Å². The standard InChI is InChI=1S/C16H30N4O5S/c1-9(2)7-12(16(24)25)20-14(22)10(3)18-15(23)11(5-6-26-4)19-13(21)8-17/h9-12H,5-8,17H2,1-4H3,(H,18,23)(H,19,21)(H,20,22)(H,24,25). The largest absolute Gasteiger partial charge is 0.480 e. The molecule has 3 atom stereocenters. The van der Waals surface area contributed by atoms with Crippen LogP contribution in [0.5, 0.6) is 0 Å². The Hall–Kier alpha value is -1.81. The first-order valence-electron chi connectivity index (χ1n) is 8.44. The van der Waals surface area contributed by atoms with Crippen LogP contribution in [-0.4, -0.2) is 65.5 Å². The van der Waals surface area contributed by atoms with Crippen LogP contribution in [0.3, 0.4) is 0 Å². The van der Waals surface area contributed by atoms with Gasteiger partial charge >= 0.3 is 5.97 Å². The highest BCUT2D eigenvalue weighted by molar-refractivity contribution is 7.98. The summed E-state index contributed by atoms with van der Waals surface area (Å²) in [7, 11) is 0. The van der Waals surface area contributed by atoms with Gasteiger partial charge < -0.3 is 26.8 Å². The number of carboxylic acids is 1. The van der Waals surface area contributed by atoms with Crippen molar-refractivity contribution in [3.63, 3.8) is 0 Å². The molecule has 0 aliphatic carbocycles. The number of thioether (sulfide) groups is 1. The van der Waals surface area contributed by atoms with Gasteiger partial charge in [-0.25, -0.2) is 4.79 Å². The molecular weight excluding hydrogens is 360 g/mol. The molecule has 26 heavy (non-hydrogen) atoms. The number of carbonyl (C=O) groups is 4. The Morgan fingerprint density at radius 2 is 1.62 bits per heavy atom. The molecule has 0 radical (unpaired) electrons. The molecule has 0 aliphatic rings. The summed E-state index contributed by atoms with van der Waals surface area (Å²) in [6, 6.07) is -2.77. The maximum atomic E-state index is 12.3. The summed E-state index contributed by atoms with van der Waals surface area (Å²) in [4.78, 5) is 47.2. The van der Waals surface area contributed by atoms with Crippen molar-refractivity contribution < 1.29 is 24.3 Å². The molecule has 0 aromatic heterocycles. The second-order valence-corrected chi connectivity index (χ2v) is 7.35. The lowest BCUT2D eigenvalue weighted by atomic mass is 10.0. The Balaban J connectivity index is 4.82. The van der Waals surface area contributed by atoms with Crippen molar-refractivity contribution >= 4 is 35.5 Å². The van der Waals surface area contributed by atoms with Gasteiger partial charge in [-0.2, -0.15) is 11.8 Å². The number of carbonyl (C=O) groups excluding carboxylic acids is 3. The van der Waals surface area contributed by atoms with Crippen molar-refractivity contribution in [3.8, 4) is 0 Å². The van der Waals surface area contributed by atoms with Gasteiger partial charge in [0, 0.05) is 0 Å². The van der Waals surface area contributed by atoms with Gasteiger partial charge in [-0.1, -0.05) is 13.8 Å². The van der Waals surface area contributed by atoms with Crippen LogP contribution in [0.1, 0.15) is 33.6 Å². The van der Waals surface area contributed by atoms with Crippen LogP contribution in [0.25, 0.3) is 0 Å². The number of amides is 3. The average Bonchev–Trinajstić information content (AvgIpc) is 2.56. The molecule has 10 heteroatoms. The van der Waals surface area contributed by atoms with Gasteiger partial charge in [-0.15, -0.1) is 0 Å². The van der Waals surface area contributed by atoms with Crippen molar-refractivity contribution in [2.75, 3.05) is 18.6 Å². The summed E-state index contributed by atoms with van der Waals surface area (Å²) in [5, 5.41) is 16.6. The number of nitrogens with two attached hydrogens (primary N) is 1. The van der Waals surface area contributed by atoms with Crippen molar-refractivity contribution in [1.29, 1.82) is 0 Å². The molecule has 0 aromatic rings. The predicted octanol–water partition coefficient (Wildman–Crippen LogP) is -0.697. The Bertz CT molecular complexity index is 501. The smallest absolute Gasteiger partial charge is 0.326 e. The van der Waals surface area contributed by atoms with E-state index >= 15 is 0 Å². The zero-order valence-corrected chi connectivity index (χ0v) is 16.5. The molecule has 0 aromatic carbocycles. The molecule has 3 amide bonds. The first-order chi connectivity index (χ1) is 12.1. The first-order valence-corrected chi connectivity index (χ1v) is 9.83. The molecule has 150 valence electrons. The third-order valence-corrected chi connectivity index (χ3v) is 4.17. The third-order valence-electron chi connectivity index (χ3n) is 3.52. The van der Waals surface area contributed by atoms with E-state index in [0.717, 1.165) is 0 Å². The topological polar surface area (TPSA) is 151 Å². The fraction of sp³-hybridized carbons (Fsp3) is 0.750. The minimum absolute atomic E-state index is 0.0868. The van der Waals surface area contributed by atoms with Gasteiger partial charge in [-0.3, -0.25) is 14.4 Å². The minimum atomic E-state index is -1.13. The monoisotopic (exact) mass is 390 g/mol. The van der Waals surface area contributed by atoms with E-state index in [-0.39, 0.29) is 18.9 Å². The van der Waals surface area contributed by atoms with E-state index < -0.39 is 41.8 Å². The van der Waals surface area contributed by atoms with E-state index in [1.54, 1.807) is 0 Å². The van der Waals surface area contributed by atoms with Crippen LogP contribution < -0.4 is 21.7 Å². The summed E-state index contributed by atoms with van der Waals surface area (Å²) < 4.78 is 0. The highest BCUT2D eigenvalue weighted by atomic mass is 32.2. The number of hydrogen-bond acceptors (Lipinski definition) is 6. The quantitative estimate of drug-likeness (QED) is 0.296. The molecular formula is C16H30N4O5S. The zero-order valence-electron chi connectivity index (χ0n) is 15.7. The molecule has 0 spiro atoms. The zero-order chi connectivity index (χ0) is 20.3. The van der Waals surface area contributed by atoms with E-state index in [9.17, 15) is 24.3 Å². The van der Waals surface area contributed by atoms with Gasteiger partial charge in [0.2, 0.25) is 17.7 Å². The fourth-order valence-electron chi connectivity index (χ4n) is 2.13. The van der Waals surface area contributed by atoms with Gasteiger partial charge in [0.05, 0.1) is 6.54 Å². The molecule has 0 bridgehead atoms. The summed E-state index contributed by atoms with van der Waals surface area (Å²) in [5.74, 6) is -1.98. The number of carboxylic acid groups (broad SMARTS) is 1. The Morgan fingerprint density at radius 1 is 1.00 bits per heavy atom. The number of nitrogens with one attached hydrogen (secondary N) is 3. The lowest BCUT2D eigenvalue weighted by molar-refractivity contribution is -0.142. The Kier molecular flexibility index (Phi) is 11.7. The lowest BCUT2D eigenvalue weighted by Gasteiger charge is -2.22. The van der Waals surface area contributed by atoms with Gasteiger partial charge in [0.25, 0.3) is 0 Å². The molecule has 0 saturated heterocycles. The average molecular weight is 391 g/mol. The molecule has 9 nitrogen and oxygen atoms in total. The molecule has 3 unspecified atom stereocenters. The normalized spacial score (nSPS) is 14.2. The highest BCUT2D eigenvalue weighted by Crippen LogP contribution is 2.06. The molecule has 0 fully saturated rings. The minimum Gasteiger partial charge on any atom is -0.480 e. The van der Waals surface area contributed by atoms with Crippen LogP contribution in [0, 0.1) is 5.92 Å². The second-order valence-electron chi connectivity index (χ2n) is 6.36. The molecule has 0 aliphatic heterocycles. The summed E-state index contributed by atoms with van der Waals surface area (Å²) >= 11 is 1.52. The number of rotatable bonds is 12. The highest BCUT2D eigenvalue weighted by Gasteiger charge is 2.27. The Morgan fingerprint density at radius 3 is 2.08 bits per heavy atom. The molecule has 0 saturated carbocycles. The maximum Gasteiger partial charge on any atom is 0.326 e. The molecule has 0 rings (SSSR count). The van der Waals surface area contributed by atoms with Gasteiger partial charge in [-0.05, 0) is 37.7 Å². The van der Waals surface area contributed by atoms with E-state index in [2.05, 4.69) is 16.0 Å². The van der Waals surface area contributed by atoms with Crippen LogP contribution in [0.2, 0.25) is 0 Å². The molecule has 6 N–H and O–H groups in total. The van der Waals surface area contributed by atoms with E-state index in [4.69, 9.17) is 5.73 Å². The number of hydrogen-bond donors (Lipinski definition) is 5. The van der Waals surface area contributed by atoms with Crippen LogP contribution in [0.15, 0.2) is 0 Å². The lowest BCUT2D eigenvalue weighted by Crippen LogP contribution is -2.55. The van der Waals surface area contributed by atoms with E-state index in [0.29, 0.717) is 12.2 Å². The van der Waals surface area contributed by atoms with E-state index in [1.807, 2.05) is 20.1 Å². The van der Waals surface area contributed by atoms with Gasteiger partial charge in [0.1, 0.15) is 18.1 Å². The van der Waals surface area contributed by atoms with Crippen LogP contribution in [0.4, 0.5) is 0 Å². The third kappa shape index (κ3) is 9.62. The fourth-order valence-corrected chi connectivity index (χ4v) is 2.60. The SMILES string of the molecule is CSCCC(NC(=O)CN)C(=O)NC(C)C(=O)NC(CC(C)C)C(=O)O. The van der Waals surface area contributed by atoms with Crippen molar-refractivity contribution in [2.45, 2.75) is 51.7 Å². The summed E-state index contributed by atoms with van der Waals surface area (Å²) in [6.07, 6.45) is 2.54. The predicted molar refractivity (Wildman–Crippen MR) is 101 cm³/mol. The first kappa shape index (κ1) is 24.2. The van der Waals surface area contributed by atoms with Crippen molar-refractivity contribution in [2.24, 2.45) is 11.7 Å². The van der Waals surface area contributed by atoms with Crippen molar-refractivity contribution in [3.05, 3.63) is 0 Å². The Labute approximate surface area is 158 Å². The summed E-state index contributed by atoms with van der Waals surface area (Å²) in [5.41, 5.74) is 5.25. The van der Waals surface area contributed by atoms with Crippen LogP contribution in [-0.2, 0) is 19.2 Å². The second kappa shape index (κ2) is 12.5. The van der Waals surface area contributed by atoms with E-state index in [1.165, 1.54) is 18.7 Å². The van der Waals surface area contributed by atoms with Crippen LogP contribution >= 0.6 is 11.8 Å². The number of aliphatic carboxylic acids is 1. The summed E-state index contributed by atoms with van der Waals surface area (Å²) in [6.45, 7) is 4.92. The maximum absolute atomic E-state index is 12.3.